The van der Waals surface area contributed by atoms with E-state index in [1.807, 2.05) is 13.1 Å². The Bertz CT molecular complexity index is 487. The third-order valence-electron chi connectivity index (χ3n) is 4.12. The molecule has 20 heavy (non-hydrogen) atoms. The van der Waals surface area contributed by atoms with E-state index in [2.05, 4.69) is 43.6 Å². The molecule has 1 saturated carbocycles. The van der Waals surface area contributed by atoms with Gasteiger partial charge in [-0.25, -0.2) is 4.79 Å². The second-order valence-corrected chi connectivity index (χ2v) is 7.16. The molecule has 0 bridgehead atoms. The van der Waals surface area contributed by atoms with Crippen LogP contribution in [-0.2, 0) is 6.54 Å². The Morgan fingerprint density at radius 3 is 2.80 bits per heavy atom. The van der Waals surface area contributed by atoms with E-state index in [-0.39, 0.29) is 6.03 Å². The maximum atomic E-state index is 12.1. The van der Waals surface area contributed by atoms with Crippen molar-refractivity contribution in [3.8, 4) is 0 Å². The molecule has 1 aromatic carbocycles. The van der Waals surface area contributed by atoms with Crippen molar-refractivity contribution in [1.82, 2.24) is 10.2 Å². The summed E-state index contributed by atoms with van der Waals surface area (Å²) in [4.78, 5) is 15.0. The topological polar surface area (TPSA) is 32.3 Å². The minimum atomic E-state index is 0.0160. The molecule has 1 fully saturated rings. The van der Waals surface area contributed by atoms with Gasteiger partial charge in [0.05, 0.1) is 0 Å². The highest BCUT2D eigenvalue weighted by Gasteiger charge is 2.45. The van der Waals surface area contributed by atoms with E-state index in [0.717, 1.165) is 6.54 Å². The average Bonchev–Trinajstić information content (AvgIpc) is 3.03. The SMILES string of the molecule is CSc1cccc(CN(C)C(=O)NC[C@@H]2CC2(C)C)c1. The number of rotatable bonds is 5. The van der Waals surface area contributed by atoms with Crippen molar-refractivity contribution in [1.29, 1.82) is 0 Å². The summed E-state index contributed by atoms with van der Waals surface area (Å²) in [6.07, 6.45) is 3.28. The molecular formula is C16H24N2OS. The van der Waals surface area contributed by atoms with Crippen molar-refractivity contribution in [2.24, 2.45) is 11.3 Å². The molecule has 0 saturated heterocycles. The molecule has 1 aromatic rings. The first-order valence-corrected chi connectivity index (χ1v) is 8.27. The summed E-state index contributed by atoms with van der Waals surface area (Å²) in [5, 5.41) is 3.03. The van der Waals surface area contributed by atoms with Gasteiger partial charge >= 0.3 is 6.03 Å². The molecule has 1 aliphatic rings. The van der Waals surface area contributed by atoms with E-state index in [4.69, 9.17) is 0 Å². The third kappa shape index (κ3) is 3.92. The molecule has 0 aromatic heterocycles. The van der Waals surface area contributed by atoms with Gasteiger partial charge in [-0.05, 0) is 41.7 Å². The van der Waals surface area contributed by atoms with Gasteiger partial charge in [-0.1, -0.05) is 26.0 Å². The number of thioether (sulfide) groups is 1. The fourth-order valence-electron chi connectivity index (χ4n) is 2.39. The van der Waals surface area contributed by atoms with Crippen LogP contribution in [0.2, 0.25) is 0 Å². The molecule has 1 aliphatic carbocycles. The minimum absolute atomic E-state index is 0.0160. The summed E-state index contributed by atoms with van der Waals surface area (Å²) in [6.45, 7) is 5.94. The number of urea groups is 1. The zero-order valence-electron chi connectivity index (χ0n) is 12.8. The van der Waals surface area contributed by atoms with Gasteiger partial charge in [0.25, 0.3) is 0 Å². The molecule has 3 nitrogen and oxygen atoms in total. The molecule has 2 amide bonds. The standard InChI is InChI=1S/C16H24N2OS/c1-16(2)9-13(16)10-17-15(19)18(3)11-12-6-5-7-14(8-12)20-4/h5-8,13H,9-11H2,1-4H3,(H,17,19)/t13-/m0/s1. The molecule has 0 aliphatic heterocycles. The Kier molecular flexibility index (Phi) is 4.63. The highest BCUT2D eigenvalue weighted by atomic mass is 32.2. The normalized spacial score (nSPS) is 19.5. The van der Waals surface area contributed by atoms with Crippen molar-refractivity contribution in [3.05, 3.63) is 29.8 Å². The molecule has 0 radical (unpaired) electrons. The lowest BCUT2D eigenvalue weighted by atomic mass is 10.1. The van der Waals surface area contributed by atoms with Gasteiger partial charge in [0, 0.05) is 25.0 Å². The van der Waals surface area contributed by atoms with Crippen LogP contribution in [-0.4, -0.2) is 30.8 Å². The number of nitrogens with one attached hydrogen (secondary N) is 1. The van der Waals surface area contributed by atoms with E-state index in [9.17, 15) is 4.79 Å². The summed E-state index contributed by atoms with van der Waals surface area (Å²) in [5.74, 6) is 0.639. The lowest BCUT2D eigenvalue weighted by Gasteiger charge is -2.18. The van der Waals surface area contributed by atoms with Crippen LogP contribution < -0.4 is 5.32 Å². The second kappa shape index (κ2) is 6.08. The highest BCUT2D eigenvalue weighted by molar-refractivity contribution is 7.98. The summed E-state index contributed by atoms with van der Waals surface area (Å²) >= 11 is 1.72. The molecule has 110 valence electrons. The van der Waals surface area contributed by atoms with E-state index in [0.29, 0.717) is 17.9 Å². The molecule has 0 spiro atoms. The lowest BCUT2D eigenvalue weighted by molar-refractivity contribution is 0.206. The van der Waals surface area contributed by atoms with Crippen LogP contribution in [0.3, 0.4) is 0 Å². The van der Waals surface area contributed by atoms with E-state index in [1.165, 1.54) is 16.9 Å². The van der Waals surface area contributed by atoms with Crippen molar-refractivity contribution >= 4 is 17.8 Å². The summed E-state index contributed by atoms with van der Waals surface area (Å²) in [5.41, 5.74) is 1.58. The van der Waals surface area contributed by atoms with Crippen LogP contribution in [0.1, 0.15) is 25.8 Å². The van der Waals surface area contributed by atoms with Gasteiger partial charge in [0.1, 0.15) is 0 Å². The minimum Gasteiger partial charge on any atom is -0.338 e. The Morgan fingerprint density at radius 1 is 1.50 bits per heavy atom. The molecule has 4 heteroatoms. The van der Waals surface area contributed by atoms with Crippen molar-refractivity contribution in [3.63, 3.8) is 0 Å². The van der Waals surface area contributed by atoms with Crippen molar-refractivity contribution < 1.29 is 4.79 Å². The predicted octanol–water partition coefficient (Wildman–Crippen LogP) is 3.60. The number of benzene rings is 1. The maximum absolute atomic E-state index is 12.1. The van der Waals surface area contributed by atoms with Gasteiger partial charge in [-0.15, -0.1) is 11.8 Å². The zero-order valence-corrected chi connectivity index (χ0v) is 13.6. The Hall–Kier alpha value is -1.16. The van der Waals surface area contributed by atoms with Gasteiger partial charge in [0.15, 0.2) is 0 Å². The van der Waals surface area contributed by atoms with Crippen molar-refractivity contribution in [2.45, 2.75) is 31.7 Å². The zero-order chi connectivity index (χ0) is 14.8. The predicted molar refractivity (Wildman–Crippen MR) is 85.0 cm³/mol. The Labute approximate surface area is 126 Å². The van der Waals surface area contributed by atoms with Gasteiger partial charge < -0.3 is 10.2 Å². The number of carbonyl (C=O) groups is 1. The fraction of sp³-hybridized carbons (Fsp3) is 0.562. The molecule has 1 N–H and O–H groups in total. The molecule has 2 rings (SSSR count). The average molecular weight is 292 g/mol. The van der Waals surface area contributed by atoms with Crippen LogP contribution in [0.4, 0.5) is 4.79 Å². The summed E-state index contributed by atoms with van der Waals surface area (Å²) < 4.78 is 0. The third-order valence-corrected chi connectivity index (χ3v) is 4.84. The Morgan fingerprint density at radius 2 is 2.20 bits per heavy atom. The maximum Gasteiger partial charge on any atom is 0.317 e. The van der Waals surface area contributed by atoms with Crippen LogP contribution in [0.5, 0.6) is 0 Å². The number of nitrogens with zero attached hydrogens (tertiary/aromatic N) is 1. The second-order valence-electron chi connectivity index (χ2n) is 6.28. The number of hydrogen-bond donors (Lipinski definition) is 1. The van der Waals surface area contributed by atoms with E-state index in [1.54, 1.807) is 16.7 Å². The number of hydrogen-bond acceptors (Lipinski definition) is 2. The van der Waals surface area contributed by atoms with Crippen LogP contribution in [0.25, 0.3) is 0 Å². The first kappa shape index (κ1) is 15.2. The molecular weight excluding hydrogens is 268 g/mol. The Balaban J connectivity index is 1.81. The van der Waals surface area contributed by atoms with E-state index >= 15 is 0 Å². The summed E-state index contributed by atoms with van der Waals surface area (Å²) in [7, 11) is 1.85. The first-order valence-electron chi connectivity index (χ1n) is 7.04. The van der Waals surface area contributed by atoms with Gasteiger partial charge in [-0.2, -0.15) is 0 Å². The number of carbonyl (C=O) groups excluding carboxylic acids is 1. The van der Waals surface area contributed by atoms with Crippen LogP contribution >= 0.6 is 11.8 Å². The molecule has 0 unspecified atom stereocenters. The molecule has 1 atom stereocenters. The molecule has 0 heterocycles. The largest absolute Gasteiger partial charge is 0.338 e. The van der Waals surface area contributed by atoms with Gasteiger partial charge in [0.2, 0.25) is 0 Å². The quantitative estimate of drug-likeness (QED) is 0.841. The van der Waals surface area contributed by atoms with Crippen molar-refractivity contribution in [2.75, 3.05) is 19.8 Å². The van der Waals surface area contributed by atoms with Crippen LogP contribution in [0.15, 0.2) is 29.2 Å². The number of amides is 2. The van der Waals surface area contributed by atoms with Crippen LogP contribution in [0, 0.1) is 11.3 Å². The monoisotopic (exact) mass is 292 g/mol. The summed E-state index contributed by atoms with van der Waals surface area (Å²) in [6, 6.07) is 8.34. The lowest BCUT2D eigenvalue weighted by Crippen LogP contribution is -2.38. The highest BCUT2D eigenvalue weighted by Crippen LogP contribution is 2.50. The smallest absolute Gasteiger partial charge is 0.317 e. The van der Waals surface area contributed by atoms with E-state index < -0.39 is 0 Å². The first-order chi connectivity index (χ1) is 9.42. The fourth-order valence-corrected chi connectivity index (χ4v) is 2.87. The van der Waals surface area contributed by atoms with Gasteiger partial charge in [-0.3, -0.25) is 0 Å².